The molecule has 3 rings (SSSR count). The second-order valence-electron chi connectivity index (χ2n) is 4.69. The van der Waals surface area contributed by atoms with Crippen molar-refractivity contribution in [2.24, 2.45) is 0 Å². The van der Waals surface area contributed by atoms with Crippen molar-refractivity contribution in [1.29, 1.82) is 0 Å². The van der Waals surface area contributed by atoms with Crippen molar-refractivity contribution in [3.8, 4) is 5.82 Å². The maximum absolute atomic E-state index is 4.59. The van der Waals surface area contributed by atoms with Gasteiger partial charge in [-0.2, -0.15) is 0 Å². The molecule has 1 fully saturated rings. The van der Waals surface area contributed by atoms with Gasteiger partial charge in [0.2, 0.25) is 0 Å². The van der Waals surface area contributed by atoms with E-state index in [0.717, 1.165) is 43.3 Å². The van der Waals surface area contributed by atoms with Gasteiger partial charge in [0.1, 0.15) is 18.0 Å². The molecular formula is C13H17N5. The molecule has 2 aromatic heterocycles. The fourth-order valence-corrected chi connectivity index (χ4v) is 2.43. The third kappa shape index (κ3) is 2.26. The number of rotatable bonds is 2. The topological polar surface area (TPSA) is 55.6 Å². The first-order valence-electron chi connectivity index (χ1n) is 6.37. The Hall–Kier alpha value is -1.75. The molecule has 0 amide bonds. The van der Waals surface area contributed by atoms with E-state index in [1.165, 1.54) is 0 Å². The van der Waals surface area contributed by atoms with Crippen LogP contribution in [0.25, 0.3) is 5.82 Å². The smallest absolute Gasteiger partial charge is 0.141 e. The lowest BCUT2D eigenvalue weighted by Crippen LogP contribution is -2.27. The average molecular weight is 243 g/mol. The second-order valence-corrected chi connectivity index (χ2v) is 4.69. The molecule has 1 aliphatic rings. The van der Waals surface area contributed by atoms with Crippen molar-refractivity contribution >= 4 is 0 Å². The van der Waals surface area contributed by atoms with Gasteiger partial charge in [-0.15, -0.1) is 0 Å². The molecule has 0 saturated carbocycles. The van der Waals surface area contributed by atoms with E-state index in [4.69, 9.17) is 0 Å². The van der Waals surface area contributed by atoms with Gasteiger partial charge >= 0.3 is 0 Å². The third-order valence-electron chi connectivity index (χ3n) is 3.37. The molecule has 0 unspecified atom stereocenters. The number of hydrogen-bond acceptors (Lipinski definition) is 4. The van der Waals surface area contributed by atoms with Crippen LogP contribution in [0.2, 0.25) is 0 Å². The van der Waals surface area contributed by atoms with Crippen LogP contribution in [-0.2, 0) is 0 Å². The second kappa shape index (κ2) is 4.86. The summed E-state index contributed by atoms with van der Waals surface area (Å²) in [6.07, 6.45) is 7.75. The van der Waals surface area contributed by atoms with Crippen LogP contribution in [0, 0.1) is 6.92 Å². The Morgan fingerprint density at radius 1 is 1.28 bits per heavy atom. The van der Waals surface area contributed by atoms with Crippen LogP contribution in [0.3, 0.4) is 0 Å². The lowest BCUT2D eigenvalue weighted by Gasteiger charge is -2.22. The van der Waals surface area contributed by atoms with E-state index in [2.05, 4.69) is 26.3 Å². The van der Waals surface area contributed by atoms with Gasteiger partial charge in [-0.05, 0) is 32.9 Å². The predicted molar refractivity (Wildman–Crippen MR) is 68.7 cm³/mol. The Morgan fingerprint density at radius 3 is 2.83 bits per heavy atom. The van der Waals surface area contributed by atoms with Gasteiger partial charge in [-0.25, -0.2) is 15.0 Å². The van der Waals surface area contributed by atoms with E-state index in [9.17, 15) is 0 Å². The summed E-state index contributed by atoms with van der Waals surface area (Å²) in [5.41, 5.74) is 1.16. The Bertz CT molecular complexity index is 514. The third-order valence-corrected chi connectivity index (χ3v) is 3.37. The Balaban J connectivity index is 1.95. The highest BCUT2D eigenvalue weighted by Gasteiger charge is 2.17. The normalized spacial score (nSPS) is 16.9. The minimum atomic E-state index is 0.551. The fraction of sp³-hybridized carbons (Fsp3) is 0.462. The molecule has 2 aromatic rings. The van der Waals surface area contributed by atoms with Gasteiger partial charge in [-0.1, -0.05) is 0 Å². The number of aryl methyl sites for hydroxylation is 1. The summed E-state index contributed by atoms with van der Waals surface area (Å²) in [6.45, 7) is 4.10. The summed E-state index contributed by atoms with van der Waals surface area (Å²) in [6, 6.07) is 2.09. The van der Waals surface area contributed by atoms with E-state index in [1.807, 2.05) is 17.7 Å². The molecule has 1 N–H and O–H groups in total. The number of piperidine rings is 1. The van der Waals surface area contributed by atoms with Crippen molar-refractivity contribution in [2.45, 2.75) is 25.7 Å². The SMILES string of the molecule is Cc1nc(C2CCNCC2)cc(-n2ccnc2)n1. The Morgan fingerprint density at radius 2 is 2.11 bits per heavy atom. The molecule has 1 aliphatic heterocycles. The van der Waals surface area contributed by atoms with Crippen LogP contribution in [0.5, 0.6) is 0 Å². The largest absolute Gasteiger partial charge is 0.317 e. The summed E-state index contributed by atoms with van der Waals surface area (Å²) >= 11 is 0. The average Bonchev–Trinajstić information content (AvgIpc) is 2.93. The monoisotopic (exact) mass is 243 g/mol. The Kier molecular flexibility index (Phi) is 3.06. The van der Waals surface area contributed by atoms with Crippen LogP contribution in [0.15, 0.2) is 24.8 Å². The van der Waals surface area contributed by atoms with Crippen LogP contribution in [0.4, 0.5) is 0 Å². The van der Waals surface area contributed by atoms with Crippen molar-refractivity contribution < 1.29 is 0 Å². The first kappa shape index (κ1) is 11.3. The highest BCUT2D eigenvalue weighted by atomic mass is 15.1. The van der Waals surface area contributed by atoms with Crippen molar-refractivity contribution in [2.75, 3.05) is 13.1 Å². The number of aromatic nitrogens is 4. The molecule has 18 heavy (non-hydrogen) atoms. The molecule has 0 spiro atoms. The molecule has 5 heteroatoms. The maximum atomic E-state index is 4.59. The van der Waals surface area contributed by atoms with E-state index in [1.54, 1.807) is 12.5 Å². The first-order valence-corrected chi connectivity index (χ1v) is 6.37. The fourth-order valence-electron chi connectivity index (χ4n) is 2.43. The molecule has 3 heterocycles. The standard InChI is InChI=1S/C13H17N5/c1-10-16-12(11-2-4-14-5-3-11)8-13(17-10)18-7-6-15-9-18/h6-9,11,14H,2-5H2,1H3. The van der Waals surface area contributed by atoms with Crippen LogP contribution in [-0.4, -0.2) is 32.6 Å². The highest BCUT2D eigenvalue weighted by molar-refractivity contribution is 5.27. The quantitative estimate of drug-likeness (QED) is 0.867. The first-order chi connectivity index (χ1) is 8.83. The minimum Gasteiger partial charge on any atom is -0.317 e. The van der Waals surface area contributed by atoms with E-state index in [0.29, 0.717) is 5.92 Å². The zero-order chi connectivity index (χ0) is 12.4. The molecule has 0 radical (unpaired) electrons. The van der Waals surface area contributed by atoms with Gasteiger partial charge in [0.15, 0.2) is 0 Å². The van der Waals surface area contributed by atoms with Gasteiger partial charge in [0.25, 0.3) is 0 Å². The maximum Gasteiger partial charge on any atom is 0.141 e. The minimum absolute atomic E-state index is 0.551. The van der Waals surface area contributed by atoms with Gasteiger partial charge in [0, 0.05) is 30.1 Å². The van der Waals surface area contributed by atoms with Gasteiger partial charge in [0.05, 0.1) is 0 Å². The van der Waals surface area contributed by atoms with Crippen LogP contribution < -0.4 is 5.32 Å². The summed E-state index contributed by atoms with van der Waals surface area (Å²) in [4.78, 5) is 13.1. The van der Waals surface area contributed by atoms with E-state index in [-0.39, 0.29) is 0 Å². The molecule has 0 atom stereocenters. The lowest BCUT2D eigenvalue weighted by atomic mass is 9.94. The summed E-state index contributed by atoms with van der Waals surface area (Å²) in [5.74, 6) is 2.29. The summed E-state index contributed by atoms with van der Waals surface area (Å²) in [5, 5.41) is 3.38. The molecule has 0 aliphatic carbocycles. The number of nitrogens with one attached hydrogen (secondary N) is 1. The van der Waals surface area contributed by atoms with Crippen molar-refractivity contribution in [3.63, 3.8) is 0 Å². The van der Waals surface area contributed by atoms with Crippen LogP contribution in [0.1, 0.15) is 30.3 Å². The zero-order valence-corrected chi connectivity index (χ0v) is 10.5. The highest BCUT2D eigenvalue weighted by Crippen LogP contribution is 2.24. The van der Waals surface area contributed by atoms with Gasteiger partial charge < -0.3 is 5.32 Å². The van der Waals surface area contributed by atoms with E-state index < -0.39 is 0 Å². The summed E-state index contributed by atoms with van der Waals surface area (Å²) < 4.78 is 1.93. The summed E-state index contributed by atoms with van der Waals surface area (Å²) in [7, 11) is 0. The van der Waals surface area contributed by atoms with E-state index >= 15 is 0 Å². The predicted octanol–water partition coefficient (Wildman–Crippen LogP) is 1.44. The Labute approximate surface area is 106 Å². The number of imidazole rings is 1. The molecular weight excluding hydrogens is 226 g/mol. The van der Waals surface area contributed by atoms with Gasteiger partial charge in [-0.3, -0.25) is 4.57 Å². The zero-order valence-electron chi connectivity index (χ0n) is 10.5. The van der Waals surface area contributed by atoms with Crippen molar-refractivity contribution in [3.05, 3.63) is 36.3 Å². The van der Waals surface area contributed by atoms with Crippen LogP contribution >= 0.6 is 0 Å². The molecule has 0 aromatic carbocycles. The number of nitrogens with zero attached hydrogens (tertiary/aromatic N) is 4. The lowest BCUT2D eigenvalue weighted by molar-refractivity contribution is 0.452. The molecule has 0 bridgehead atoms. The molecule has 1 saturated heterocycles. The molecule has 94 valence electrons. The number of hydrogen-bond donors (Lipinski definition) is 1. The van der Waals surface area contributed by atoms with Crippen molar-refractivity contribution in [1.82, 2.24) is 24.8 Å². The molecule has 5 nitrogen and oxygen atoms in total.